The number of hydrogen-bond donors (Lipinski definition) is 1. The second-order valence-corrected chi connectivity index (χ2v) is 4.67. The normalized spacial score (nSPS) is 19.9. The van der Waals surface area contributed by atoms with Crippen molar-refractivity contribution in [3.63, 3.8) is 0 Å². The molecular weight excluding hydrogens is 238 g/mol. The van der Waals surface area contributed by atoms with Gasteiger partial charge in [-0.05, 0) is 30.5 Å². The Balaban J connectivity index is 2.00. The fourth-order valence-corrected chi connectivity index (χ4v) is 2.17. The molecule has 1 aromatic rings. The van der Waals surface area contributed by atoms with E-state index in [0.717, 1.165) is 25.0 Å². The van der Waals surface area contributed by atoms with Gasteiger partial charge in [0.15, 0.2) is 11.6 Å². The fourth-order valence-electron chi connectivity index (χ4n) is 2.17. The summed E-state index contributed by atoms with van der Waals surface area (Å²) in [4.78, 5) is 13.7. The Morgan fingerprint density at radius 3 is 2.83 bits per heavy atom. The van der Waals surface area contributed by atoms with Crippen LogP contribution in [-0.2, 0) is 11.2 Å². The lowest BCUT2D eigenvalue weighted by molar-refractivity contribution is -0.131. The van der Waals surface area contributed by atoms with Gasteiger partial charge in [-0.15, -0.1) is 0 Å². The molecule has 0 unspecified atom stereocenters. The Kier molecular flexibility index (Phi) is 3.91. The quantitative estimate of drug-likeness (QED) is 0.868. The van der Waals surface area contributed by atoms with Crippen molar-refractivity contribution in [2.24, 2.45) is 5.73 Å². The van der Waals surface area contributed by atoms with E-state index in [-0.39, 0.29) is 18.4 Å². The van der Waals surface area contributed by atoms with E-state index in [2.05, 4.69) is 0 Å². The second-order valence-electron chi connectivity index (χ2n) is 4.67. The van der Waals surface area contributed by atoms with Crippen molar-refractivity contribution < 1.29 is 13.6 Å². The van der Waals surface area contributed by atoms with E-state index in [1.807, 2.05) is 0 Å². The third-order valence-electron chi connectivity index (χ3n) is 3.15. The molecule has 0 radical (unpaired) electrons. The van der Waals surface area contributed by atoms with Crippen LogP contribution in [0.4, 0.5) is 8.78 Å². The average Bonchev–Trinajstić information content (AvgIpc) is 2.34. The molecule has 1 amide bonds. The van der Waals surface area contributed by atoms with E-state index in [1.54, 1.807) is 4.90 Å². The largest absolute Gasteiger partial charge is 0.341 e. The summed E-state index contributed by atoms with van der Waals surface area (Å²) in [6.07, 6.45) is 1.91. The van der Waals surface area contributed by atoms with Crippen molar-refractivity contribution in [1.82, 2.24) is 4.90 Å². The Labute approximate surface area is 105 Å². The van der Waals surface area contributed by atoms with E-state index >= 15 is 0 Å². The first-order valence-corrected chi connectivity index (χ1v) is 6.03. The van der Waals surface area contributed by atoms with Gasteiger partial charge in [0.1, 0.15) is 0 Å². The highest BCUT2D eigenvalue weighted by molar-refractivity contribution is 5.78. The monoisotopic (exact) mass is 254 g/mol. The van der Waals surface area contributed by atoms with Gasteiger partial charge in [-0.3, -0.25) is 4.79 Å². The maximum atomic E-state index is 13.0. The summed E-state index contributed by atoms with van der Waals surface area (Å²) in [6.45, 7) is 1.23. The zero-order chi connectivity index (χ0) is 13.1. The predicted octanol–water partition coefficient (Wildman–Crippen LogP) is 1.46. The highest BCUT2D eigenvalue weighted by Gasteiger charge is 2.21. The molecule has 1 heterocycles. The number of benzene rings is 1. The van der Waals surface area contributed by atoms with Crippen molar-refractivity contribution in [3.05, 3.63) is 35.4 Å². The predicted molar refractivity (Wildman–Crippen MR) is 63.9 cm³/mol. The number of amides is 1. The molecule has 2 N–H and O–H groups in total. The standard InChI is InChI=1S/C13H16F2N2O/c14-11-4-3-9(6-12(11)15)7-13(18)17-5-1-2-10(16)8-17/h3-4,6,10H,1-2,5,7-8,16H2/t10-/m1/s1. The summed E-state index contributed by atoms with van der Waals surface area (Å²) in [6, 6.07) is 3.56. The van der Waals surface area contributed by atoms with Crippen LogP contribution >= 0.6 is 0 Å². The molecule has 1 atom stereocenters. The zero-order valence-corrected chi connectivity index (χ0v) is 10.0. The molecule has 5 heteroatoms. The highest BCUT2D eigenvalue weighted by Crippen LogP contribution is 2.13. The van der Waals surface area contributed by atoms with Gasteiger partial charge in [0.2, 0.25) is 5.91 Å². The molecular formula is C13H16F2N2O. The maximum Gasteiger partial charge on any atom is 0.227 e. The van der Waals surface area contributed by atoms with Gasteiger partial charge < -0.3 is 10.6 Å². The van der Waals surface area contributed by atoms with Crippen LogP contribution in [0.2, 0.25) is 0 Å². The van der Waals surface area contributed by atoms with Gasteiger partial charge in [-0.1, -0.05) is 6.07 Å². The summed E-state index contributed by atoms with van der Waals surface area (Å²) in [5, 5.41) is 0. The summed E-state index contributed by atoms with van der Waals surface area (Å²) >= 11 is 0. The lowest BCUT2D eigenvalue weighted by Crippen LogP contribution is -2.46. The van der Waals surface area contributed by atoms with Gasteiger partial charge in [0, 0.05) is 19.1 Å². The molecule has 1 saturated heterocycles. The smallest absolute Gasteiger partial charge is 0.227 e. The number of piperidine rings is 1. The van der Waals surface area contributed by atoms with E-state index in [1.165, 1.54) is 6.07 Å². The molecule has 1 aliphatic heterocycles. The number of halogens is 2. The van der Waals surface area contributed by atoms with Crippen LogP contribution in [-0.4, -0.2) is 29.9 Å². The first-order valence-electron chi connectivity index (χ1n) is 6.03. The van der Waals surface area contributed by atoms with Crippen molar-refractivity contribution in [3.8, 4) is 0 Å². The van der Waals surface area contributed by atoms with E-state index in [4.69, 9.17) is 5.73 Å². The maximum absolute atomic E-state index is 13.0. The topological polar surface area (TPSA) is 46.3 Å². The lowest BCUT2D eigenvalue weighted by Gasteiger charge is -2.30. The van der Waals surface area contributed by atoms with Gasteiger partial charge in [0.25, 0.3) is 0 Å². The third-order valence-corrected chi connectivity index (χ3v) is 3.15. The minimum Gasteiger partial charge on any atom is -0.341 e. The number of hydrogen-bond acceptors (Lipinski definition) is 2. The number of likely N-dealkylation sites (tertiary alicyclic amines) is 1. The molecule has 0 aliphatic carbocycles. The minimum absolute atomic E-state index is 0.0210. The van der Waals surface area contributed by atoms with Crippen LogP contribution in [0, 0.1) is 11.6 Å². The Hall–Kier alpha value is -1.49. The minimum atomic E-state index is -0.921. The number of rotatable bonds is 2. The van der Waals surface area contributed by atoms with Crippen LogP contribution in [0.3, 0.4) is 0 Å². The third kappa shape index (κ3) is 3.04. The molecule has 1 fully saturated rings. The van der Waals surface area contributed by atoms with Crippen molar-refractivity contribution in [2.75, 3.05) is 13.1 Å². The first kappa shape index (κ1) is 13.0. The summed E-state index contributed by atoms with van der Waals surface area (Å²) in [5.74, 6) is -1.90. The van der Waals surface area contributed by atoms with E-state index in [0.29, 0.717) is 18.7 Å². The number of carbonyl (C=O) groups excluding carboxylic acids is 1. The second kappa shape index (κ2) is 5.44. The Morgan fingerprint density at radius 2 is 2.17 bits per heavy atom. The molecule has 0 saturated carbocycles. The van der Waals surface area contributed by atoms with Crippen LogP contribution < -0.4 is 5.73 Å². The molecule has 0 spiro atoms. The first-order chi connectivity index (χ1) is 8.56. The van der Waals surface area contributed by atoms with E-state index in [9.17, 15) is 13.6 Å². The van der Waals surface area contributed by atoms with Gasteiger partial charge in [0.05, 0.1) is 6.42 Å². The number of nitrogens with two attached hydrogens (primary N) is 1. The van der Waals surface area contributed by atoms with Gasteiger partial charge in [-0.25, -0.2) is 8.78 Å². The summed E-state index contributed by atoms with van der Waals surface area (Å²) in [7, 11) is 0. The molecule has 1 aliphatic rings. The van der Waals surface area contributed by atoms with Crippen LogP contribution in [0.5, 0.6) is 0 Å². The molecule has 18 heavy (non-hydrogen) atoms. The lowest BCUT2D eigenvalue weighted by atomic mass is 10.0. The Morgan fingerprint density at radius 1 is 1.39 bits per heavy atom. The Bertz CT molecular complexity index is 451. The molecule has 2 rings (SSSR count). The molecule has 3 nitrogen and oxygen atoms in total. The van der Waals surface area contributed by atoms with Crippen molar-refractivity contribution in [2.45, 2.75) is 25.3 Å². The molecule has 1 aromatic carbocycles. The average molecular weight is 254 g/mol. The van der Waals surface area contributed by atoms with Gasteiger partial charge in [-0.2, -0.15) is 0 Å². The van der Waals surface area contributed by atoms with E-state index < -0.39 is 11.6 Å². The fraction of sp³-hybridized carbons (Fsp3) is 0.462. The molecule has 98 valence electrons. The SMILES string of the molecule is N[C@@H]1CCCN(C(=O)Cc2ccc(F)c(F)c2)C1. The molecule has 0 aromatic heterocycles. The summed E-state index contributed by atoms with van der Waals surface area (Å²) < 4.78 is 25.8. The van der Waals surface area contributed by atoms with Crippen molar-refractivity contribution in [1.29, 1.82) is 0 Å². The number of nitrogens with zero attached hydrogens (tertiary/aromatic N) is 1. The van der Waals surface area contributed by atoms with Gasteiger partial charge >= 0.3 is 0 Å². The molecule has 0 bridgehead atoms. The highest BCUT2D eigenvalue weighted by atomic mass is 19.2. The number of carbonyl (C=O) groups is 1. The van der Waals surface area contributed by atoms with Crippen LogP contribution in [0.1, 0.15) is 18.4 Å². The van der Waals surface area contributed by atoms with Crippen molar-refractivity contribution >= 4 is 5.91 Å². The zero-order valence-electron chi connectivity index (χ0n) is 10.0. The van der Waals surface area contributed by atoms with Crippen LogP contribution in [0.15, 0.2) is 18.2 Å². The summed E-state index contributed by atoms with van der Waals surface area (Å²) in [5.41, 5.74) is 6.28. The van der Waals surface area contributed by atoms with Crippen LogP contribution in [0.25, 0.3) is 0 Å².